The zero-order valence-corrected chi connectivity index (χ0v) is 14.7. The van der Waals surface area contributed by atoms with Crippen LogP contribution >= 0.6 is 11.6 Å². The van der Waals surface area contributed by atoms with E-state index in [4.69, 9.17) is 21.1 Å². The molecule has 0 bridgehead atoms. The summed E-state index contributed by atoms with van der Waals surface area (Å²) >= 11 is 5.92. The number of alkyl halides is 6. The van der Waals surface area contributed by atoms with Crippen molar-refractivity contribution in [3.63, 3.8) is 0 Å². The summed E-state index contributed by atoms with van der Waals surface area (Å²) in [4.78, 5) is 12.0. The minimum Gasteiger partial charge on any atom is -0.470 e. The van der Waals surface area contributed by atoms with Gasteiger partial charge in [-0.15, -0.1) is 13.2 Å². The average molecular weight is 419 g/mol. The lowest BCUT2D eigenvalue weighted by molar-refractivity contribution is -0.274. The Labute approximate surface area is 154 Å². The first-order valence-corrected chi connectivity index (χ1v) is 7.87. The largest absolute Gasteiger partial charge is 0.573 e. The van der Waals surface area contributed by atoms with Gasteiger partial charge in [-0.1, -0.05) is 11.6 Å². The highest BCUT2D eigenvalue weighted by molar-refractivity contribution is 6.32. The molecule has 1 heterocycles. The molecule has 0 fully saturated rings. The van der Waals surface area contributed by atoms with Crippen molar-refractivity contribution < 1.29 is 45.3 Å². The van der Waals surface area contributed by atoms with Crippen LogP contribution in [0.4, 0.5) is 26.3 Å². The first-order chi connectivity index (χ1) is 12.3. The van der Waals surface area contributed by atoms with Gasteiger partial charge in [-0.3, -0.25) is 0 Å². The van der Waals surface area contributed by atoms with Crippen LogP contribution in [0.25, 0.3) is 5.57 Å². The van der Waals surface area contributed by atoms with Gasteiger partial charge >= 0.3 is 18.5 Å². The number of carbonyl (C=O) groups is 1. The maximum absolute atomic E-state index is 13.3. The molecule has 11 heteroatoms. The molecule has 0 N–H and O–H groups in total. The predicted octanol–water partition coefficient (Wildman–Crippen LogP) is 5.25. The molecule has 1 unspecified atom stereocenters. The van der Waals surface area contributed by atoms with E-state index < -0.39 is 42.0 Å². The van der Waals surface area contributed by atoms with E-state index >= 15 is 0 Å². The summed E-state index contributed by atoms with van der Waals surface area (Å²) < 4.78 is 90.1. The van der Waals surface area contributed by atoms with E-state index in [-0.39, 0.29) is 22.8 Å². The van der Waals surface area contributed by atoms with Crippen LogP contribution in [-0.4, -0.2) is 30.7 Å². The van der Waals surface area contributed by atoms with Gasteiger partial charge in [0.05, 0.1) is 11.6 Å². The first-order valence-electron chi connectivity index (χ1n) is 7.49. The number of esters is 1. The lowest BCUT2D eigenvalue weighted by Crippen LogP contribution is -2.42. The van der Waals surface area contributed by atoms with E-state index in [9.17, 15) is 31.1 Å². The van der Waals surface area contributed by atoms with E-state index in [0.717, 1.165) is 25.1 Å². The SMILES string of the molecule is CCOC(=O)C1=C(c2ccc(OC(F)(F)F)cc2Cl)CC(C)(C(F)(F)F)O1. The number of halogens is 7. The van der Waals surface area contributed by atoms with E-state index in [2.05, 4.69) is 4.74 Å². The third kappa shape index (κ3) is 4.60. The Balaban J connectivity index is 2.48. The van der Waals surface area contributed by atoms with Gasteiger partial charge in [0.25, 0.3) is 0 Å². The van der Waals surface area contributed by atoms with E-state index in [1.54, 1.807) is 0 Å². The van der Waals surface area contributed by atoms with E-state index in [1.165, 1.54) is 6.92 Å². The minimum atomic E-state index is -4.97. The van der Waals surface area contributed by atoms with Crippen LogP contribution in [0.15, 0.2) is 24.0 Å². The van der Waals surface area contributed by atoms with Gasteiger partial charge in [-0.05, 0) is 32.0 Å². The highest BCUT2D eigenvalue weighted by Crippen LogP contribution is 2.49. The molecule has 0 amide bonds. The molecule has 0 saturated carbocycles. The summed E-state index contributed by atoms with van der Waals surface area (Å²) in [7, 11) is 0. The number of carbonyl (C=O) groups excluding carboxylic acids is 1. The normalized spacial score (nSPS) is 20.5. The number of hydrogen-bond donors (Lipinski definition) is 0. The zero-order chi connectivity index (χ0) is 20.6. The summed E-state index contributed by atoms with van der Waals surface area (Å²) in [6, 6.07) is 2.67. The molecule has 0 radical (unpaired) electrons. The fraction of sp³-hybridized carbons (Fsp3) is 0.438. The van der Waals surface area contributed by atoms with Crippen LogP contribution in [0.2, 0.25) is 5.02 Å². The lowest BCUT2D eigenvalue weighted by atomic mass is 9.93. The minimum absolute atomic E-state index is 0.0952. The molecule has 27 heavy (non-hydrogen) atoms. The molecule has 0 saturated heterocycles. The third-order valence-electron chi connectivity index (χ3n) is 3.68. The van der Waals surface area contributed by atoms with Crippen LogP contribution < -0.4 is 4.74 Å². The van der Waals surface area contributed by atoms with Crippen molar-refractivity contribution in [3.05, 3.63) is 34.5 Å². The number of rotatable bonds is 4. The zero-order valence-electron chi connectivity index (χ0n) is 13.9. The maximum Gasteiger partial charge on any atom is 0.573 e. The summed E-state index contributed by atoms with van der Waals surface area (Å²) in [5.41, 5.74) is -3.03. The second-order valence-corrected chi connectivity index (χ2v) is 6.13. The number of ether oxygens (including phenoxy) is 3. The molecule has 1 aromatic rings. The lowest BCUT2D eigenvalue weighted by Gasteiger charge is -2.27. The summed E-state index contributed by atoms with van der Waals surface area (Å²) in [6.45, 7) is 2.08. The Kier molecular flexibility index (Phi) is 5.61. The number of hydrogen-bond acceptors (Lipinski definition) is 4. The van der Waals surface area contributed by atoms with Crippen molar-refractivity contribution in [2.24, 2.45) is 0 Å². The van der Waals surface area contributed by atoms with Crippen LogP contribution in [0.1, 0.15) is 25.8 Å². The van der Waals surface area contributed by atoms with E-state index in [1.807, 2.05) is 0 Å². The van der Waals surface area contributed by atoms with Gasteiger partial charge in [0.15, 0.2) is 0 Å². The average Bonchev–Trinajstić information content (AvgIpc) is 2.85. The van der Waals surface area contributed by atoms with Crippen molar-refractivity contribution in [2.75, 3.05) is 6.61 Å². The van der Waals surface area contributed by atoms with Crippen molar-refractivity contribution in [1.29, 1.82) is 0 Å². The molecule has 150 valence electrons. The van der Waals surface area contributed by atoms with Crippen LogP contribution in [0.3, 0.4) is 0 Å². The molecule has 0 aromatic heterocycles. The predicted molar refractivity (Wildman–Crippen MR) is 81.9 cm³/mol. The van der Waals surface area contributed by atoms with Gasteiger partial charge in [-0.2, -0.15) is 13.2 Å². The van der Waals surface area contributed by atoms with Crippen LogP contribution in [0.5, 0.6) is 5.75 Å². The standard InChI is InChI=1S/C16H13ClF6O4/c1-3-25-13(24)12-10(7-14(2,27-12)15(18,19)20)9-5-4-8(6-11(9)17)26-16(21,22)23/h4-6H,3,7H2,1-2H3. The van der Waals surface area contributed by atoms with Gasteiger partial charge in [0.2, 0.25) is 11.4 Å². The maximum atomic E-state index is 13.3. The quantitative estimate of drug-likeness (QED) is 0.494. The summed E-state index contributed by atoms with van der Waals surface area (Å²) in [6.07, 6.45) is -10.6. The molecule has 1 aliphatic rings. The van der Waals surface area contributed by atoms with Crippen LogP contribution in [-0.2, 0) is 14.3 Å². The fourth-order valence-corrected chi connectivity index (χ4v) is 2.70. The second-order valence-electron chi connectivity index (χ2n) is 5.73. The van der Waals surface area contributed by atoms with Crippen molar-refractivity contribution in [3.8, 4) is 5.75 Å². The van der Waals surface area contributed by atoms with Crippen molar-refractivity contribution >= 4 is 23.1 Å². The topological polar surface area (TPSA) is 44.8 Å². The molecule has 2 rings (SSSR count). The molecule has 0 spiro atoms. The Morgan fingerprint density at radius 2 is 1.89 bits per heavy atom. The van der Waals surface area contributed by atoms with Crippen molar-refractivity contribution in [2.45, 2.75) is 38.4 Å². The summed E-state index contributed by atoms with van der Waals surface area (Å²) in [5, 5.41) is -0.344. The molecule has 1 aromatic carbocycles. The molecular formula is C16H13ClF6O4. The molecule has 0 aliphatic carbocycles. The second kappa shape index (κ2) is 7.14. The third-order valence-corrected chi connectivity index (χ3v) is 3.99. The molecule has 1 aliphatic heterocycles. The van der Waals surface area contributed by atoms with Gasteiger partial charge in [0.1, 0.15) is 5.75 Å². The Bertz CT molecular complexity index is 771. The van der Waals surface area contributed by atoms with Gasteiger partial charge < -0.3 is 14.2 Å². The van der Waals surface area contributed by atoms with Gasteiger partial charge in [-0.25, -0.2) is 4.79 Å². The van der Waals surface area contributed by atoms with Crippen molar-refractivity contribution in [1.82, 2.24) is 0 Å². The number of benzene rings is 1. The smallest absolute Gasteiger partial charge is 0.470 e. The monoisotopic (exact) mass is 418 g/mol. The Hall–Kier alpha value is -2.10. The molecule has 4 nitrogen and oxygen atoms in total. The fourth-order valence-electron chi connectivity index (χ4n) is 2.42. The highest BCUT2D eigenvalue weighted by atomic mass is 35.5. The summed E-state index contributed by atoms with van der Waals surface area (Å²) in [5.74, 6) is -2.48. The Morgan fingerprint density at radius 1 is 1.26 bits per heavy atom. The van der Waals surface area contributed by atoms with E-state index in [0.29, 0.717) is 0 Å². The van der Waals surface area contributed by atoms with Gasteiger partial charge in [0, 0.05) is 17.6 Å². The van der Waals surface area contributed by atoms with Crippen LogP contribution in [0, 0.1) is 0 Å². The first kappa shape index (κ1) is 21.2. The Morgan fingerprint density at radius 3 is 2.37 bits per heavy atom. The highest BCUT2D eigenvalue weighted by Gasteiger charge is 2.58. The molecule has 1 atom stereocenters. The molecular weight excluding hydrogens is 406 g/mol.